The Morgan fingerprint density at radius 3 is 3.10 bits per heavy atom. The predicted octanol–water partition coefficient (Wildman–Crippen LogP) is 2.82. The fraction of sp³-hybridized carbons (Fsp3) is 0.438. The Bertz CT molecular complexity index is 531. The highest BCUT2D eigenvalue weighted by molar-refractivity contribution is 5.82. The molecule has 4 heteroatoms. The zero-order valence-electron chi connectivity index (χ0n) is 11.9. The Balaban J connectivity index is 1.80. The van der Waals surface area contributed by atoms with Crippen LogP contribution in [0.2, 0.25) is 0 Å². The van der Waals surface area contributed by atoms with Gasteiger partial charge in [0, 0.05) is 30.4 Å². The summed E-state index contributed by atoms with van der Waals surface area (Å²) in [6.07, 6.45) is 3.45. The van der Waals surface area contributed by atoms with Crippen LogP contribution >= 0.6 is 0 Å². The maximum absolute atomic E-state index is 9.82. The van der Waals surface area contributed by atoms with Crippen LogP contribution in [0.4, 0.5) is 5.69 Å². The Kier molecular flexibility index (Phi) is 5.77. The van der Waals surface area contributed by atoms with Crippen molar-refractivity contribution in [2.24, 2.45) is 0 Å². The zero-order chi connectivity index (χ0) is 14.2. The summed E-state index contributed by atoms with van der Waals surface area (Å²) in [5.41, 5.74) is 1.96. The standard InChI is InChI=1S/C16H22N2O2/c1-2-3-9-20-12-15(19)11-18-14-6-7-16-13(10-14)5-4-8-17-16/h4-8,10,15,18-19H,2-3,9,11-12H2,1H3. The number of ether oxygens (including phenoxy) is 1. The average molecular weight is 274 g/mol. The van der Waals surface area contributed by atoms with Crippen LogP contribution in [0.25, 0.3) is 10.9 Å². The lowest BCUT2D eigenvalue weighted by atomic mass is 10.2. The van der Waals surface area contributed by atoms with Crippen molar-refractivity contribution in [1.82, 2.24) is 4.98 Å². The molecule has 2 rings (SSSR count). The normalized spacial score (nSPS) is 12.5. The van der Waals surface area contributed by atoms with Crippen molar-refractivity contribution < 1.29 is 9.84 Å². The molecule has 0 amide bonds. The smallest absolute Gasteiger partial charge is 0.0945 e. The fourth-order valence-corrected chi connectivity index (χ4v) is 1.95. The van der Waals surface area contributed by atoms with Gasteiger partial charge in [0.15, 0.2) is 0 Å². The zero-order valence-corrected chi connectivity index (χ0v) is 11.9. The molecule has 0 spiro atoms. The third-order valence-electron chi connectivity index (χ3n) is 3.10. The molecule has 0 radical (unpaired) electrons. The first-order chi connectivity index (χ1) is 9.79. The quantitative estimate of drug-likeness (QED) is 0.727. The maximum Gasteiger partial charge on any atom is 0.0945 e. The molecule has 1 aromatic heterocycles. The molecule has 1 atom stereocenters. The number of aliphatic hydroxyl groups is 1. The number of hydrogen-bond donors (Lipinski definition) is 2. The number of hydrogen-bond acceptors (Lipinski definition) is 4. The molecule has 2 N–H and O–H groups in total. The number of anilines is 1. The molecule has 1 unspecified atom stereocenters. The lowest BCUT2D eigenvalue weighted by molar-refractivity contribution is 0.0422. The molecular formula is C16H22N2O2. The molecule has 0 saturated carbocycles. The largest absolute Gasteiger partial charge is 0.389 e. The Labute approximate surface area is 119 Å². The molecule has 1 aromatic carbocycles. The van der Waals surface area contributed by atoms with E-state index in [0.29, 0.717) is 13.2 Å². The van der Waals surface area contributed by atoms with Gasteiger partial charge in [0.05, 0.1) is 18.2 Å². The number of nitrogens with one attached hydrogen (secondary N) is 1. The van der Waals surface area contributed by atoms with Crippen LogP contribution in [0, 0.1) is 0 Å². The number of rotatable bonds is 8. The number of aromatic nitrogens is 1. The second-order valence-corrected chi connectivity index (χ2v) is 4.87. The van der Waals surface area contributed by atoms with Crippen LogP contribution in [0.1, 0.15) is 19.8 Å². The van der Waals surface area contributed by atoms with Gasteiger partial charge in [-0.05, 0) is 30.7 Å². The van der Waals surface area contributed by atoms with Gasteiger partial charge < -0.3 is 15.2 Å². The van der Waals surface area contributed by atoms with Crippen molar-refractivity contribution in [2.45, 2.75) is 25.9 Å². The first kappa shape index (κ1) is 14.8. The van der Waals surface area contributed by atoms with Gasteiger partial charge in [-0.2, -0.15) is 0 Å². The van der Waals surface area contributed by atoms with Crippen molar-refractivity contribution in [1.29, 1.82) is 0 Å². The number of fused-ring (bicyclic) bond motifs is 1. The minimum atomic E-state index is -0.489. The monoisotopic (exact) mass is 274 g/mol. The molecule has 108 valence electrons. The van der Waals surface area contributed by atoms with Gasteiger partial charge in [0.25, 0.3) is 0 Å². The lowest BCUT2D eigenvalue weighted by Crippen LogP contribution is -2.25. The van der Waals surface area contributed by atoms with Crippen molar-refractivity contribution >= 4 is 16.6 Å². The molecule has 4 nitrogen and oxygen atoms in total. The summed E-state index contributed by atoms with van der Waals surface area (Å²) < 4.78 is 5.39. The van der Waals surface area contributed by atoms with Crippen LogP contribution in [0.5, 0.6) is 0 Å². The van der Waals surface area contributed by atoms with Crippen molar-refractivity contribution in [3.8, 4) is 0 Å². The molecule has 20 heavy (non-hydrogen) atoms. The highest BCUT2D eigenvalue weighted by Crippen LogP contribution is 2.16. The summed E-state index contributed by atoms with van der Waals surface area (Å²) in [7, 11) is 0. The van der Waals surface area contributed by atoms with E-state index in [2.05, 4.69) is 17.2 Å². The summed E-state index contributed by atoms with van der Waals surface area (Å²) in [6, 6.07) is 9.93. The summed E-state index contributed by atoms with van der Waals surface area (Å²) in [6.45, 7) is 3.70. The summed E-state index contributed by atoms with van der Waals surface area (Å²) in [5, 5.41) is 14.1. The second kappa shape index (κ2) is 7.82. The van der Waals surface area contributed by atoms with Gasteiger partial charge in [-0.15, -0.1) is 0 Å². The van der Waals surface area contributed by atoms with E-state index in [-0.39, 0.29) is 0 Å². The van der Waals surface area contributed by atoms with Gasteiger partial charge in [0.1, 0.15) is 0 Å². The molecule has 0 aliphatic carbocycles. The van der Waals surface area contributed by atoms with Gasteiger partial charge in [-0.1, -0.05) is 19.4 Å². The van der Waals surface area contributed by atoms with E-state index in [4.69, 9.17) is 4.74 Å². The number of aliphatic hydroxyl groups excluding tert-OH is 1. The summed E-state index contributed by atoms with van der Waals surface area (Å²) in [4.78, 5) is 4.28. The van der Waals surface area contributed by atoms with E-state index < -0.39 is 6.10 Å². The molecule has 0 bridgehead atoms. The average Bonchev–Trinajstić information content (AvgIpc) is 2.49. The van der Waals surface area contributed by atoms with Crippen LogP contribution < -0.4 is 5.32 Å². The highest BCUT2D eigenvalue weighted by atomic mass is 16.5. The van der Waals surface area contributed by atoms with E-state index in [1.807, 2.05) is 30.3 Å². The summed E-state index contributed by atoms with van der Waals surface area (Å²) in [5.74, 6) is 0. The SMILES string of the molecule is CCCCOCC(O)CNc1ccc2ncccc2c1. The maximum atomic E-state index is 9.82. The fourth-order valence-electron chi connectivity index (χ4n) is 1.95. The van der Waals surface area contributed by atoms with E-state index >= 15 is 0 Å². The molecule has 1 heterocycles. The van der Waals surface area contributed by atoms with E-state index in [1.165, 1.54) is 0 Å². The lowest BCUT2D eigenvalue weighted by Gasteiger charge is -2.13. The highest BCUT2D eigenvalue weighted by Gasteiger charge is 2.04. The first-order valence-electron chi connectivity index (χ1n) is 7.14. The third kappa shape index (κ3) is 4.47. The number of nitrogens with zero attached hydrogens (tertiary/aromatic N) is 1. The Hall–Kier alpha value is -1.65. The first-order valence-corrected chi connectivity index (χ1v) is 7.14. The van der Waals surface area contributed by atoms with Crippen molar-refractivity contribution in [3.63, 3.8) is 0 Å². The predicted molar refractivity (Wildman–Crippen MR) is 82.0 cm³/mol. The number of benzene rings is 1. The van der Waals surface area contributed by atoms with Gasteiger partial charge in [-0.25, -0.2) is 0 Å². The van der Waals surface area contributed by atoms with Crippen LogP contribution in [-0.4, -0.2) is 36.0 Å². The van der Waals surface area contributed by atoms with E-state index in [1.54, 1.807) is 6.20 Å². The van der Waals surface area contributed by atoms with Crippen LogP contribution in [0.3, 0.4) is 0 Å². The number of unbranched alkanes of at least 4 members (excludes halogenated alkanes) is 1. The molecule has 0 fully saturated rings. The topological polar surface area (TPSA) is 54.4 Å². The molecule has 2 aromatic rings. The minimum absolute atomic E-state index is 0.377. The Morgan fingerprint density at radius 1 is 1.35 bits per heavy atom. The van der Waals surface area contributed by atoms with Gasteiger partial charge in [-0.3, -0.25) is 4.98 Å². The van der Waals surface area contributed by atoms with Gasteiger partial charge in [0.2, 0.25) is 0 Å². The number of pyridine rings is 1. The van der Waals surface area contributed by atoms with Crippen LogP contribution in [-0.2, 0) is 4.74 Å². The van der Waals surface area contributed by atoms with Crippen molar-refractivity contribution in [3.05, 3.63) is 36.5 Å². The molecule has 0 aliphatic rings. The van der Waals surface area contributed by atoms with E-state index in [0.717, 1.165) is 36.0 Å². The minimum Gasteiger partial charge on any atom is -0.389 e. The molecule has 0 saturated heterocycles. The molecule has 0 aliphatic heterocycles. The van der Waals surface area contributed by atoms with Crippen LogP contribution in [0.15, 0.2) is 36.5 Å². The summed E-state index contributed by atoms with van der Waals surface area (Å²) >= 11 is 0. The molecular weight excluding hydrogens is 252 g/mol. The second-order valence-electron chi connectivity index (χ2n) is 4.87. The van der Waals surface area contributed by atoms with E-state index in [9.17, 15) is 5.11 Å². The van der Waals surface area contributed by atoms with Crippen molar-refractivity contribution in [2.75, 3.05) is 25.1 Å². The van der Waals surface area contributed by atoms with Gasteiger partial charge >= 0.3 is 0 Å². The Morgan fingerprint density at radius 2 is 2.25 bits per heavy atom. The third-order valence-corrected chi connectivity index (χ3v) is 3.10.